The van der Waals surface area contributed by atoms with Crippen molar-refractivity contribution in [2.45, 2.75) is 13.8 Å². The Morgan fingerprint density at radius 1 is 1.12 bits per heavy atom. The van der Waals surface area contributed by atoms with E-state index in [1.165, 1.54) is 0 Å². The maximum absolute atomic E-state index is 12.9. The lowest BCUT2D eigenvalue weighted by Gasteiger charge is -2.32. The first kappa shape index (κ1) is 12.7. The molecule has 0 atom stereocenters. The summed E-state index contributed by atoms with van der Waals surface area (Å²) in [7, 11) is -1.56. The summed E-state index contributed by atoms with van der Waals surface area (Å²) < 4.78 is 41.8. The second kappa shape index (κ2) is 4.84. The zero-order chi connectivity index (χ0) is 12.5. The normalized spacial score (nSPS) is 20.2. The van der Waals surface area contributed by atoms with Gasteiger partial charge in [-0.05, 0) is 0 Å². The first-order valence-electron chi connectivity index (χ1n) is 5.15. The molecule has 0 aromatic heterocycles. The molecule has 17 heavy (non-hydrogen) atoms. The molecular weight excluding hydrogens is 249 g/mol. The second-order valence-electron chi connectivity index (χ2n) is 4.63. The van der Waals surface area contributed by atoms with Crippen LogP contribution in [0.4, 0.5) is 8.78 Å². The summed E-state index contributed by atoms with van der Waals surface area (Å²) in [4.78, 5) is 0. The molecule has 0 unspecified atom stereocenters. The Hall–Kier alpha value is -0.770. The molecular formula is C11H13F2O3P. The van der Waals surface area contributed by atoms with E-state index in [9.17, 15) is 8.78 Å². The predicted octanol–water partition coefficient (Wildman–Crippen LogP) is 3.64. The highest BCUT2D eigenvalue weighted by Gasteiger charge is 2.31. The third-order valence-corrected chi connectivity index (χ3v) is 3.18. The van der Waals surface area contributed by atoms with Crippen LogP contribution in [0.1, 0.15) is 13.8 Å². The average Bonchev–Trinajstić information content (AvgIpc) is 2.20. The Kier molecular flexibility index (Phi) is 3.61. The monoisotopic (exact) mass is 262 g/mol. The van der Waals surface area contributed by atoms with Crippen LogP contribution >= 0.6 is 8.60 Å². The van der Waals surface area contributed by atoms with Crippen LogP contribution in [0.3, 0.4) is 0 Å². The standard InChI is InChI=1S/C11H13F2O3P/c1-11(2)6-14-17(15-7-11)16-10-4-8(12)3-9(13)5-10/h3-5H,6-7H2,1-2H3. The number of hydrogen-bond acceptors (Lipinski definition) is 3. The zero-order valence-corrected chi connectivity index (χ0v) is 10.5. The summed E-state index contributed by atoms with van der Waals surface area (Å²) in [6.07, 6.45) is 0. The van der Waals surface area contributed by atoms with Crippen molar-refractivity contribution in [1.82, 2.24) is 0 Å². The molecule has 0 amide bonds. The molecule has 94 valence electrons. The number of benzene rings is 1. The molecule has 0 aliphatic carbocycles. The van der Waals surface area contributed by atoms with Gasteiger partial charge in [0.25, 0.3) is 0 Å². The molecule has 0 bridgehead atoms. The maximum Gasteiger partial charge on any atom is 0.397 e. The molecule has 2 rings (SSSR count). The van der Waals surface area contributed by atoms with Gasteiger partial charge in [-0.15, -0.1) is 0 Å². The molecule has 0 N–H and O–H groups in total. The number of halogens is 2. The van der Waals surface area contributed by atoms with Crippen LogP contribution in [0.25, 0.3) is 0 Å². The fourth-order valence-electron chi connectivity index (χ4n) is 1.25. The summed E-state index contributed by atoms with van der Waals surface area (Å²) in [6.45, 7) is 5.00. The summed E-state index contributed by atoms with van der Waals surface area (Å²) >= 11 is 0. The Morgan fingerprint density at radius 3 is 2.18 bits per heavy atom. The van der Waals surface area contributed by atoms with Gasteiger partial charge in [-0.3, -0.25) is 0 Å². The van der Waals surface area contributed by atoms with E-state index < -0.39 is 20.2 Å². The molecule has 6 heteroatoms. The lowest BCUT2D eigenvalue weighted by atomic mass is 9.97. The maximum atomic E-state index is 12.9. The minimum Gasteiger partial charge on any atom is -0.427 e. The van der Waals surface area contributed by atoms with E-state index in [1.54, 1.807) is 0 Å². The largest absolute Gasteiger partial charge is 0.427 e. The quantitative estimate of drug-likeness (QED) is 0.761. The zero-order valence-electron chi connectivity index (χ0n) is 9.57. The lowest BCUT2D eigenvalue weighted by Crippen LogP contribution is -2.29. The van der Waals surface area contributed by atoms with Crippen LogP contribution in [0.2, 0.25) is 0 Å². The van der Waals surface area contributed by atoms with E-state index in [-0.39, 0.29) is 11.2 Å². The molecule has 0 radical (unpaired) electrons. The van der Waals surface area contributed by atoms with E-state index in [0.29, 0.717) is 13.2 Å². The highest BCUT2D eigenvalue weighted by atomic mass is 31.2. The highest BCUT2D eigenvalue weighted by Crippen LogP contribution is 2.46. The number of rotatable bonds is 2. The summed E-state index contributed by atoms with van der Waals surface area (Å²) in [6, 6.07) is 2.97. The summed E-state index contributed by atoms with van der Waals surface area (Å²) in [5.41, 5.74) is -0.0601. The van der Waals surface area contributed by atoms with E-state index >= 15 is 0 Å². The molecule has 1 heterocycles. The summed E-state index contributed by atoms with van der Waals surface area (Å²) in [5, 5.41) is 0. The predicted molar refractivity (Wildman–Crippen MR) is 59.6 cm³/mol. The average molecular weight is 262 g/mol. The second-order valence-corrected chi connectivity index (χ2v) is 5.78. The molecule has 1 saturated heterocycles. The molecule has 1 aliphatic rings. The summed E-state index contributed by atoms with van der Waals surface area (Å²) in [5.74, 6) is -1.30. The van der Waals surface area contributed by atoms with E-state index in [0.717, 1.165) is 18.2 Å². The van der Waals surface area contributed by atoms with Gasteiger partial charge < -0.3 is 13.6 Å². The van der Waals surface area contributed by atoms with Crippen molar-refractivity contribution in [2.24, 2.45) is 5.41 Å². The van der Waals surface area contributed by atoms with Gasteiger partial charge in [-0.1, -0.05) is 13.8 Å². The Balaban J connectivity index is 1.97. The van der Waals surface area contributed by atoms with Gasteiger partial charge in [-0.25, -0.2) is 8.78 Å². The van der Waals surface area contributed by atoms with Gasteiger partial charge in [0.15, 0.2) is 0 Å². The smallest absolute Gasteiger partial charge is 0.397 e. The van der Waals surface area contributed by atoms with Crippen molar-refractivity contribution < 1.29 is 22.4 Å². The molecule has 0 saturated carbocycles. The van der Waals surface area contributed by atoms with Crippen molar-refractivity contribution in [2.75, 3.05) is 13.2 Å². The third kappa shape index (κ3) is 3.60. The van der Waals surface area contributed by atoms with Crippen molar-refractivity contribution in [3.63, 3.8) is 0 Å². The third-order valence-electron chi connectivity index (χ3n) is 2.14. The van der Waals surface area contributed by atoms with Gasteiger partial charge in [0.1, 0.15) is 17.4 Å². The fourth-order valence-corrected chi connectivity index (χ4v) is 2.62. The molecule has 1 aromatic carbocycles. The van der Waals surface area contributed by atoms with Crippen LogP contribution in [-0.2, 0) is 9.05 Å². The molecule has 1 aliphatic heterocycles. The highest BCUT2D eigenvalue weighted by molar-refractivity contribution is 7.42. The van der Waals surface area contributed by atoms with E-state index in [2.05, 4.69) is 0 Å². The molecule has 1 fully saturated rings. The minimum absolute atomic E-state index is 0.0601. The Bertz CT molecular complexity index is 381. The molecule has 1 aromatic rings. The van der Waals surface area contributed by atoms with Crippen LogP contribution < -0.4 is 4.52 Å². The van der Waals surface area contributed by atoms with E-state index in [1.807, 2.05) is 13.8 Å². The van der Waals surface area contributed by atoms with Crippen molar-refractivity contribution in [1.29, 1.82) is 0 Å². The molecule has 0 spiro atoms. The Labute approximate surface area is 99.7 Å². The minimum atomic E-state index is -1.56. The van der Waals surface area contributed by atoms with Crippen LogP contribution in [0.15, 0.2) is 18.2 Å². The van der Waals surface area contributed by atoms with E-state index in [4.69, 9.17) is 13.6 Å². The first-order valence-corrected chi connectivity index (χ1v) is 6.24. The van der Waals surface area contributed by atoms with Crippen LogP contribution in [0.5, 0.6) is 5.75 Å². The Morgan fingerprint density at radius 2 is 1.65 bits per heavy atom. The van der Waals surface area contributed by atoms with Gasteiger partial charge >= 0.3 is 8.60 Å². The molecule has 3 nitrogen and oxygen atoms in total. The van der Waals surface area contributed by atoms with Gasteiger partial charge in [0.05, 0.1) is 13.2 Å². The fraction of sp³-hybridized carbons (Fsp3) is 0.455. The number of hydrogen-bond donors (Lipinski definition) is 0. The topological polar surface area (TPSA) is 27.7 Å². The van der Waals surface area contributed by atoms with Crippen LogP contribution in [-0.4, -0.2) is 13.2 Å². The first-order chi connectivity index (χ1) is 7.94. The van der Waals surface area contributed by atoms with Crippen LogP contribution in [0, 0.1) is 17.0 Å². The van der Waals surface area contributed by atoms with Crippen molar-refractivity contribution >= 4 is 8.60 Å². The van der Waals surface area contributed by atoms with Gasteiger partial charge in [0.2, 0.25) is 0 Å². The van der Waals surface area contributed by atoms with Gasteiger partial charge in [0, 0.05) is 23.6 Å². The SMILES string of the molecule is CC1(C)COP(Oc2cc(F)cc(F)c2)OC1. The van der Waals surface area contributed by atoms with Crippen molar-refractivity contribution in [3.8, 4) is 5.75 Å². The van der Waals surface area contributed by atoms with Crippen molar-refractivity contribution in [3.05, 3.63) is 29.8 Å². The lowest BCUT2D eigenvalue weighted by molar-refractivity contribution is 0.0426. The van der Waals surface area contributed by atoms with Gasteiger partial charge in [-0.2, -0.15) is 0 Å².